The van der Waals surface area contributed by atoms with E-state index >= 15 is 0 Å². The van der Waals surface area contributed by atoms with Crippen LogP contribution in [0.15, 0.2) is 59.3 Å². The van der Waals surface area contributed by atoms with Crippen LogP contribution in [0.25, 0.3) is 21.3 Å². The number of nitrogens with zero attached hydrogens (tertiary/aromatic N) is 4. The third-order valence-corrected chi connectivity index (χ3v) is 4.76. The number of hydrogen-bond acceptors (Lipinski definition) is 6. The summed E-state index contributed by atoms with van der Waals surface area (Å²) in [7, 11) is 0. The molecule has 0 amide bonds. The van der Waals surface area contributed by atoms with E-state index in [1.54, 1.807) is 12.4 Å². The fourth-order valence-corrected chi connectivity index (χ4v) is 3.37. The molecule has 0 unspecified atom stereocenters. The Morgan fingerprint density at radius 2 is 1.92 bits per heavy atom. The van der Waals surface area contributed by atoms with Crippen LogP contribution in [0, 0.1) is 6.92 Å². The molecule has 0 bridgehead atoms. The highest BCUT2D eigenvalue weighted by Crippen LogP contribution is 2.34. The number of hydrogen-bond donors (Lipinski definition) is 0. The van der Waals surface area contributed by atoms with E-state index in [-0.39, 0.29) is 0 Å². The lowest BCUT2D eigenvalue weighted by Crippen LogP contribution is -1.87. The van der Waals surface area contributed by atoms with Gasteiger partial charge in [0, 0.05) is 18.0 Å². The van der Waals surface area contributed by atoms with Crippen molar-refractivity contribution in [1.82, 2.24) is 20.2 Å². The number of thiazole rings is 1. The Kier molecular flexibility index (Phi) is 3.88. The van der Waals surface area contributed by atoms with E-state index < -0.39 is 0 Å². The smallest absolute Gasteiger partial charge is 0.259 e. The molecule has 0 radical (unpaired) electrons. The van der Waals surface area contributed by atoms with Crippen LogP contribution in [0.4, 0.5) is 0 Å². The molecule has 0 aliphatic rings. The lowest BCUT2D eigenvalue weighted by molar-refractivity contribution is 0.519. The van der Waals surface area contributed by atoms with Crippen LogP contribution >= 0.6 is 11.3 Å². The van der Waals surface area contributed by atoms with Gasteiger partial charge in [0.15, 0.2) is 0 Å². The maximum Gasteiger partial charge on any atom is 0.259 e. The zero-order chi connectivity index (χ0) is 16.4. The van der Waals surface area contributed by atoms with Crippen molar-refractivity contribution >= 4 is 11.3 Å². The van der Waals surface area contributed by atoms with Crippen LogP contribution in [0.2, 0.25) is 0 Å². The summed E-state index contributed by atoms with van der Waals surface area (Å²) in [5.74, 6) is 1.12. The highest BCUT2D eigenvalue weighted by molar-refractivity contribution is 7.18. The van der Waals surface area contributed by atoms with Crippen LogP contribution in [0.1, 0.15) is 17.1 Å². The summed E-state index contributed by atoms with van der Waals surface area (Å²) < 4.78 is 5.84. The fraction of sp³-hybridized carbons (Fsp3) is 0.111. The zero-order valence-corrected chi connectivity index (χ0v) is 13.8. The van der Waals surface area contributed by atoms with E-state index in [1.165, 1.54) is 11.3 Å². The van der Waals surface area contributed by atoms with Crippen LogP contribution < -0.4 is 0 Å². The molecule has 0 fully saturated rings. The Hall–Kier alpha value is -2.86. The number of benzene rings is 1. The van der Waals surface area contributed by atoms with Crippen LogP contribution in [0.5, 0.6) is 0 Å². The summed E-state index contributed by atoms with van der Waals surface area (Å²) in [5, 5.41) is 9.25. The molecule has 6 heteroatoms. The lowest BCUT2D eigenvalue weighted by Gasteiger charge is -1.95. The Labute approximate surface area is 143 Å². The van der Waals surface area contributed by atoms with Crippen molar-refractivity contribution in [3.05, 3.63) is 72.0 Å². The van der Waals surface area contributed by atoms with Gasteiger partial charge in [-0.15, -0.1) is 21.5 Å². The van der Waals surface area contributed by atoms with Crippen LogP contribution in [-0.2, 0) is 6.42 Å². The standard InChI is InChI=1S/C18H14N4OS/c1-12-16(24-18(20-12)14-8-5-9-19-11-14)17-22-21-15(23-17)10-13-6-3-2-4-7-13/h2-9,11H,10H2,1H3. The molecule has 0 atom stereocenters. The van der Waals surface area contributed by atoms with E-state index in [2.05, 4.69) is 20.2 Å². The largest absolute Gasteiger partial charge is 0.419 e. The van der Waals surface area contributed by atoms with Crippen molar-refractivity contribution in [3.8, 4) is 21.3 Å². The van der Waals surface area contributed by atoms with E-state index in [4.69, 9.17) is 4.42 Å². The molecular formula is C18H14N4OS. The maximum atomic E-state index is 5.84. The molecule has 3 aromatic heterocycles. The molecule has 1 aromatic carbocycles. The fourth-order valence-electron chi connectivity index (χ4n) is 2.39. The predicted molar refractivity (Wildman–Crippen MR) is 92.6 cm³/mol. The number of rotatable bonds is 4. The van der Waals surface area contributed by atoms with Gasteiger partial charge < -0.3 is 4.42 Å². The van der Waals surface area contributed by atoms with E-state index in [0.717, 1.165) is 26.7 Å². The van der Waals surface area contributed by atoms with Crippen molar-refractivity contribution in [1.29, 1.82) is 0 Å². The molecule has 0 aliphatic carbocycles. The normalized spacial score (nSPS) is 10.9. The molecule has 24 heavy (non-hydrogen) atoms. The predicted octanol–water partition coefficient (Wildman–Crippen LogP) is 4.15. The molecule has 0 N–H and O–H groups in total. The first-order chi connectivity index (χ1) is 11.8. The van der Waals surface area contributed by atoms with Crippen molar-refractivity contribution < 1.29 is 4.42 Å². The monoisotopic (exact) mass is 334 g/mol. The molecular weight excluding hydrogens is 320 g/mol. The van der Waals surface area contributed by atoms with Gasteiger partial charge in [0.25, 0.3) is 5.89 Å². The van der Waals surface area contributed by atoms with Gasteiger partial charge >= 0.3 is 0 Å². The molecule has 4 rings (SSSR count). The quantitative estimate of drug-likeness (QED) is 0.561. The second kappa shape index (κ2) is 6.33. The maximum absolute atomic E-state index is 5.84. The first-order valence-corrected chi connectivity index (χ1v) is 8.36. The summed E-state index contributed by atoms with van der Waals surface area (Å²) >= 11 is 1.54. The highest BCUT2D eigenvalue weighted by atomic mass is 32.1. The summed E-state index contributed by atoms with van der Waals surface area (Å²) in [4.78, 5) is 9.64. The molecule has 0 spiro atoms. The molecule has 118 valence electrons. The summed E-state index contributed by atoms with van der Waals surface area (Å²) in [5.41, 5.74) is 3.01. The van der Waals surface area contributed by atoms with Crippen molar-refractivity contribution in [2.45, 2.75) is 13.3 Å². The highest BCUT2D eigenvalue weighted by Gasteiger charge is 2.17. The van der Waals surface area contributed by atoms with Crippen LogP contribution in [0.3, 0.4) is 0 Å². The zero-order valence-electron chi connectivity index (χ0n) is 13.0. The lowest BCUT2D eigenvalue weighted by atomic mass is 10.2. The summed E-state index contributed by atoms with van der Waals surface area (Å²) in [6, 6.07) is 14.0. The van der Waals surface area contributed by atoms with E-state index in [1.807, 2.05) is 49.4 Å². The molecule has 5 nitrogen and oxygen atoms in total. The Balaban J connectivity index is 1.62. The van der Waals surface area contributed by atoms with E-state index in [0.29, 0.717) is 18.2 Å². The molecule has 4 aromatic rings. The number of pyridine rings is 1. The molecule has 0 aliphatic heterocycles. The Morgan fingerprint density at radius 1 is 1.04 bits per heavy atom. The number of aromatic nitrogens is 4. The third-order valence-electron chi connectivity index (χ3n) is 3.56. The summed E-state index contributed by atoms with van der Waals surface area (Å²) in [6.07, 6.45) is 4.18. The first-order valence-electron chi connectivity index (χ1n) is 7.54. The number of aryl methyl sites for hydroxylation is 1. The van der Waals surface area contributed by atoms with Crippen molar-refractivity contribution in [2.75, 3.05) is 0 Å². The van der Waals surface area contributed by atoms with Gasteiger partial charge in [-0.05, 0) is 24.6 Å². The molecule has 0 saturated carbocycles. The average Bonchev–Trinajstić information content (AvgIpc) is 3.23. The van der Waals surface area contributed by atoms with Gasteiger partial charge in [0.05, 0.1) is 12.1 Å². The van der Waals surface area contributed by atoms with Crippen molar-refractivity contribution in [3.63, 3.8) is 0 Å². The SMILES string of the molecule is Cc1nc(-c2cccnc2)sc1-c1nnc(Cc2ccccc2)o1. The first kappa shape index (κ1) is 14.7. The van der Waals surface area contributed by atoms with Gasteiger partial charge in [0.2, 0.25) is 5.89 Å². The minimum atomic E-state index is 0.520. The Bertz CT molecular complexity index is 948. The van der Waals surface area contributed by atoms with Gasteiger partial charge in [-0.2, -0.15) is 0 Å². The topological polar surface area (TPSA) is 64.7 Å². The van der Waals surface area contributed by atoms with Crippen LogP contribution in [-0.4, -0.2) is 20.2 Å². The van der Waals surface area contributed by atoms with Gasteiger partial charge in [-0.3, -0.25) is 4.98 Å². The third kappa shape index (κ3) is 2.96. The van der Waals surface area contributed by atoms with Gasteiger partial charge in [0.1, 0.15) is 9.88 Å². The van der Waals surface area contributed by atoms with Gasteiger partial charge in [-0.1, -0.05) is 30.3 Å². The average molecular weight is 334 g/mol. The molecule has 3 heterocycles. The Morgan fingerprint density at radius 3 is 2.71 bits per heavy atom. The molecule has 0 saturated heterocycles. The van der Waals surface area contributed by atoms with Crippen molar-refractivity contribution in [2.24, 2.45) is 0 Å². The van der Waals surface area contributed by atoms with Gasteiger partial charge in [-0.25, -0.2) is 4.98 Å². The second-order valence-corrected chi connectivity index (χ2v) is 6.34. The van der Waals surface area contributed by atoms with E-state index in [9.17, 15) is 0 Å². The summed E-state index contributed by atoms with van der Waals surface area (Å²) in [6.45, 7) is 1.95. The minimum absolute atomic E-state index is 0.520. The minimum Gasteiger partial charge on any atom is -0.419 e. The second-order valence-electron chi connectivity index (χ2n) is 5.34.